The van der Waals surface area contributed by atoms with Crippen molar-refractivity contribution in [3.05, 3.63) is 65.0 Å². The summed E-state index contributed by atoms with van der Waals surface area (Å²) in [4.78, 5) is 32.0. The van der Waals surface area contributed by atoms with Crippen LogP contribution in [0.1, 0.15) is 60.9 Å². The van der Waals surface area contributed by atoms with E-state index in [0.717, 1.165) is 27.8 Å². The van der Waals surface area contributed by atoms with Crippen molar-refractivity contribution in [3.8, 4) is 17.5 Å². The average Bonchev–Trinajstić information content (AvgIpc) is 3.27. The molecule has 0 N–H and O–H groups in total. The third-order valence-electron chi connectivity index (χ3n) is 7.36. The Morgan fingerprint density at radius 3 is 2.37 bits per heavy atom. The fraction of sp³-hybridized carbons (Fsp3) is 0.375. The number of methoxy groups -OCH3 is 1. The van der Waals surface area contributed by atoms with Gasteiger partial charge in [0, 0.05) is 42.8 Å². The quantitative estimate of drug-likeness (QED) is 0.275. The molecule has 0 radical (unpaired) electrons. The zero-order valence-corrected chi connectivity index (χ0v) is 24.3. The fourth-order valence-electron chi connectivity index (χ4n) is 5.45. The van der Waals surface area contributed by atoms with Gasteiger partial charge in [0.2, 0.25) is 0 Å². The van der Waals surface area contributed by atoms with Crippen molar-refractivity contribution in [2.45, 2.75) is 59.2 Å². The first-order chi connectivity index (χ1) is 19.5. The predicted molar refractivity (Wildman–Crippen MR) is 156 cm³/mol. The topological polar surface area (TPSA) is 107 Å². The summed E-state index contributed by atoms with van der Waals surface area (Å²) in [6.07, 6.45) is 0.643. The van der Waals surface area contributed by atoms with Crippen LogP contribution < -0.4 is 4.74 Å². The van der Waals surface area contributed by atoms with Gasteiger partial charge in [0.1, 0.15) is 28.8 Å². The Labute approximate surface area is 239 Å². The van der Waals surface area contributed by atoms with Crippen LogP contribution in [0.5, 0.6) is 5.75 Å². The number of rotatable bonds is 4. The van der Waals surface area contributed by atoms with Crippen molar-refractivity contribution in [1.82, 2.24) is 14.5 Å². The van der Waals surface area contributed by atoms with E-state index in [1.807, 2.05) is 81.7 Å². The SMILES string of the molecule is COC(=O)c1c(OC2CCN(C(=O)OC(C)(C)C)CC2)cc2c(nc(C)n2-c2ccc(C#N)c3ccccc23)c1C. The van der Waals surface area contributed by atoms with Gasteiger partial charge in [0.25, 0.3) is 0 Å². The van der Waals surface area contributed by atoms with Gasteiger partial charge in [-0.1, -0.05) is 24.3 Å². The van der Waals surface area contributed by atoms with E-state index in [9.17, 15) is 14.9 Å². The first-order valence-electron chi connectivity index (χ1n) is 13.7. The lowest BCUT2D eigenvalue weighted by Gasteiger charge is -2.33. The number of ether oxygens (including phenoxy) is 3. The van der Waals surface area contributed by atoms with Gasteiger partial charge in [-0.05, 0) is 52.3 Å². The highest BCUT2D eigenvalue weighted by Crippen LogP contribution is 2.36. The fourth-order valence-corrected chi connectivity index (χ4v) is 5.45. The third kappa shape index (κ3) is 5.30. The summed E-state index contributed by atoms with van der Waals surface area (Å²) in [5.74, 6) is 0.648. The first kappa shape index (κ1) is 28.0. The highest BCUT2D eigenvalue weighted by atomic mass is 16.6. The minimum absolute atomic E-state index is 0.206. The van der Waals surface area contributed by atoms with E-state index in [0.29, 0.717) is 53.9 Å². The van der Waals surface area contributed by atoms with E-state index in [1.165, 1.54) is 7.11 Å². The molecule has 1 aliphatic heterocycles. The van der Waals surface area contributed by atoms with Gasteiger partial charge in [-0.15, -0.1) is 0 Å². The van der Waals surface area contributed by atoms with Crippen molar-refractivity contribution in [1.29, 1.82) is 5.26 Å². The standard InChI is InChI=1S/C32H34N4O5/c1-19-28(30(37)39-6)27(40-22-13-15-35(16-14-22)31(38)41-32(3,4)5)17-26-29(19)34-20(2)36(26)25-12-11-21(18-33)23-9-7-8-10-24(23)25/h7-12,17,22H,13-16H2,1-6H3. The monoisotopic (exact) mass is 554 g/mol. The molecule has 1 aromatic heterocycles. The minimum Gasteiger partial charge on any atom is -0.489 e. The maximum absolute atomic E-state index is 13.0. The molecule has 1 fully saturated rings. The number of piperidine rings is 1. The van der Waals surface area contributed by atoms with Crippen LogP contribution in [-0.2, 0) is 9.47 Å². The Kier molecular flexibility index (Phi) is 7.35. The Balaban J connectivity index is 1.56. The minimum atomic E-state index is -0.561. The number of imidazole rings is 1. The Hall–Kier alpha value is -4.58. The molecule has 9 nitrogen and oxygen atoms in total. The lowest BCUT2D eigenvalue weighted by atomic mass is 10.0. The predicted octanol–water partition coefficient (Wildman–Crippen LogP) is 6.23. The van der Waals surface area contributed by atoms with Crippen LogP contribution in [0.15, 0.2) is 42.5 Å². The van der Waals surface area contributed by atoms with Gasteiger partial charge in [-0.3, -0.25) is 4.57 Å². The number of fused-ring (bicyclic) bond motifs is 2. The summed E-state index contributed by atoms with van der Waals surface area (Å²) in [7, 11) is 1.35. The van der Waals surface area contributed by atoms with E-state index >= 15 is 0 Å². The van der Waals surface area contributed by atoms with Crippen LogP contribution in [-0.4, -0.2) is 58.4 Å². The molecule has 1 aliphatic rings. The van der Waals surface area contributed by atoms with Gasteiger partial charge in [-0.25, -0.2) is 14.6 Å². The summed E-state index contributed by atoms with van der Waals surface area (Å²) in [5.41, 5.74) is 3.36. The zero-order chi connectivity index (χ0) is 29.5. The van der Waals surface area contributed by atoms with Crippen molar-refractivity contribution >= 4 is 33.9 Å². The molecule has 4 aromatic rings. The molecule has 1 saturated heterocycles. The number of likely N-dealkylation sites (tertiary alicyclic amines) is 1. The van der Waals surface area contributed by atoms with Crippen LogP contribution in [0, 0.1) is 25.2 Å². The number of aromatic nitrogens is 2. The number of benzene rings is 3. The maximum atomic E-state index is 13.0. The second-order valence-electron chi connectivity index (χ2n) is 11.3. The van der Waals surface area contributed by atoms with Crippen molar-refractivity contribution < 1.29 is 23.8 Å². The lowest BCUT2D eigenvalue weighted by molar-refractivity contribution is 0.0126. The van der Waals surface area contributed by atoms with E-state index in [1.54, 1.807) is 4.90 Å². The number of aryl methyl sites for hydroxylation is 2. The lowest BCUT2D eigenvalue weighted by Crippen LogP contribution is -2.44. The molecule has 212 valence electrons. The molecule has 0 spiro atoms. The molecular weight excluding hydrogens is 520 g/mol. The van der Waals surface area contributed by atoms with Gasteiger partial charge in [-0.2, -0.15) is 5.26 Å². The highest BCUT2D eigenvalue weighted by molar-refractivity contribution is 6.01. The summed E-state index contributed by atoms with van der Waals surface area (Å²) in [5, 5.41) is 11.4. The molecule has 3 aromatic carbocycles. The largest absolute Gasteiger partial charge is 0.489 e. The average molecular weight is 555 g/mol. The maximum Gasteiger partial charge on any atom is 0.410 e. The van der Waals surface area contributed by atoms with Crippen molar-refractivity contribution in [2.24, 2.45) is 0 Å². The molecule has 0 unspecified atom stereocenters. The summed E-state index contributed by atoms with van der Waals surface area (Å²) in [6, 6.07) is 15.6. The van der Waals surface area contributed by atoms with Gasteiger partial charge < -0.3 is 19.1 Å². The van der Waals surface area contributed by atoms with Crippen LogP contribution in [0.25, 0.3) is 27.5 Å². The number of hydrogen-bond donors (Lipinski definition) is 0. The van der Waals surface area contributed by atoms with Gasteiger partial charge in [0.05, 0.1) is 35.5 Å². The second kappa shape index (κ2) is 10.8. The van der Waals surface area contributed by atoms with Crippen molar-refractivity contribution in [3.63, 3.8) is 0 Å². The van der Waals surface area contributed by atoms with Crippen LogP contribution in [0.3, 0.4) is 0 Å². The molecule has 2 heterocycles. The Morgan fingerprint density at radius 2 is 1.73 bits per heavy atom. The number of hydrogen-bond acceptors (Lipinski definition) is 7. The summed E-state index contributed by atoms with van der Waals surface area (Å²) < 4.78 is 19.2. The number of nitrogens with zero attached hydrogens (tertiary/aromatic N) is 4. The van der Waals surface area contributed by atoms with Crippen LogP contribution in [0.4, 0.5) is 4.79 Å². The van der Waals surface area contributed by atoms with E-state index in [-0.39, 0.29) is 12.2 Å². The molecular formula is C32H34N4O5. The number of carbonyl (C=O) groups is 2. The third-order valence-corrected chi connectivity index (χ3v) is 7.36. The normalized spacial score (nSPS) is 14.2. The van der Waals surface area contributed by atoms with E-state index in [4.69, 9.17) is 19.2 Å². The molecule has 0 saturated carbocycles. The molecule has 9 heteroatoms. The number of esters is 1. The Bertz CT molecular complexity index is 1700. The summed E-state index contributed by atoms with van der Waals surface area (Å²) in [6.45, 7) is 10.3. The summed E-state index contributed by atoms with van der Waals surface area (Å²) >= 11 is 0. The Morgan fingerprint density at radius 1 is 1.05 bits per heavy atom. The number of amides is 1. The van der Waals surface area contributed by atoms with Gasteiger partial charge in [0.15, 0.2) is 0 Å². The molecule has 0 aliphatic carbocycles. The highest BCUT2D eigenvalue weighted by Gasteiger charge is 2.30. The van der Waals surface area contributed by atoms with Crippen LogP contribution >= 0.6 is 0 Å². The van der Waals surface area contributed by atoms with E-state index < -0.39 is 11.6 Å². The second-order valence-corrected chi connectivity index (χ2v) is 11.3. The zero-order valence-electron chi connectivity index (χ0n) is 24.3. The van der Waals surface area contributed by atoms with E-state index in [2.05, 4.69) is 6.07 Å². The number of nitriles is 1. The number of carbonyl (C=O) groups excluding carboxylic acids is 2. The first-order valence-corrected chi connectivity index (χ1v) is 13.7. The van der Waals surface area contributed by atoms with Crippen molar-refractivity contribution in [2.75, 3.05) is 20.2 Å². The molecule has 0 bridgehead atoms. The van der Waals surface area contributed by atoms with Crippen LogP contribution in [0.2, 0.25) is 0 Å². The molecule has 5 rings (SSSR count). The smallest absolute Gasteiger partial charge is 0.410 e. The van der Waals surface area contributed by atoms with Gasteiger partial charge >= 0.3 is 12.1 Å². The molecule has 0 atom stereocenters. The molecule has 41 heavy (non-hydrogen) atoms. The molecule has 1 amide bonds.